The van der Waals surface area contributed by atoms with E-state index in [-0.39, 0.29) is 5.92 Å². The zero-order valence-electron chi connectivity index (χ0n) is 12.5. The van der Waals surface area contributed by atoms with Crippen molar-refractivity contribution in [2.24, 2.45) is 0 Å². The summed E-state index contributed by atoms with van der Waals surface area (Å²) in [5.74, 6) is 8.15. The molecule has 0 spiro atoms. The van der Waals surface area contributed by atoms with E-state index in [9.17, 15) is 0 Å². The largest absolute Gasteiger partial charge is 0.461 e. The second-order valence-electron chi connectivity index (χ2n) is 5.12. The quantitative estimate of drug-likeness (QED) is 0.584. The van der Waals surface area contributed by atoms with E-state index in [1.54, 1.807) is 18.4 Å². The number of nitrogen functional groups attached to an aromatic ring is 1. The number of hydrogen-bond acceptors (Lipinski definition) is 7. The first kappa shape index (κ1) is 14.6. The SMILES string of the molecule is Cc1cc(Sc2nnc(-c3ccco3)n2N)nc(C(C)C)n1. The predicted molar refractivity (Wildman–Crippen MR) is 82.9 cm³/mol. The van der Waals surface area contributed by atoms with Crippen LogP contribution in [0.5, 0.6) is 0 Å². The summed E-state index contributed by atoms with van der Waals surface area (Å²) in [4.78, 5) is 8.96. The van der Waals surface area contributed by atoms with Gasteiger partial charge < -0.3 is 10.3 Å². The summed E-state index contributed by atoms with van der Waals surface area (Å²) in [6, 6.07) is 5.46. The van der Waals surface area contributed by atoms with Crippen LogP contribution in [0, 0.1) is 6.92 Å². The van der Waals surface area contributed by atoms with Gasteiger partial charge in [-0.1, -0.05) is 13.8 Å². The maximum atomic E-state index is 6.05. The Bertz CT molecular complexity index is 781. The van der Waals surface area contributed by atoms with Crippen LogP contribution in [0.15, 0.2) is 39.1 Å². The maximum Gasteiger partial charge on any atom is 0.218 e. The molecule has 0 aromatic carbocycles. The third-order valence-electron chi connectivity index (χ3n) is 2.97. The maximum absolute atomic E-state index is 6.05. The highest BCUT2D eigenvalue weighted by Gasteiger charge is 2.16. The van der Waals surface area contributed by atoms with Crippen LogP contribution in [0.1, 0.15) is 31.3 Å². The first-order valence-corrected chi connectivity index (χ1v) is 7.64. The zero-order chi connectivity index (χ0) is 15.7. The Morgan fingerprint density at radius 3 is 2.77 bits per heavy atom. The fraction of sp³-hybridized carbons (Fsp3) is 0.286. The van der Waals surface area contributed by atoms with Crippen LogP contribution in [0.3, 0.4) is 0 Å². The molecule has 3 aromatic rings. The van der Waals surface area contributed by atoms with Crippen LogP contribution in [0.4, 0.5) is 0 Å². The lowest BCUT2D eigenvalue weighted by molar-refractivity contribution is 0.574. The van der Waals surface area contributed by atoms with Gasteiger partial charge in [-0.3, -0.25) is 0 Å². The first-order chi connectivity index (χ1) is 10.5. The Morgan fingerprint density at radius 2 is 2.09 bits per heavy atom. The van der Waals surface area contributed by atoms with Crippen LogP contribution in [0.25, 0.3) is 11.6 Å². The van der Waals surface area contributed by atoms with Gasteiger partial charge in [0.25, 0.3) is 0 Å². The highest BCUT2D eigenvalue weighted by molar-refractivity contribution is 7.99. The van der Waals surface area contributed by atoms with E-state index in [0.29, 0.717) is 16.7 Å². The monoisotopic (exact) mass is 316 g/mol. The minimum Gasteiger partial charge on any atom is -0.461 e. The lowest BCUT2D eigenvalue weighted by Crippen LogP contribution is -2.11. The molecule has 0 atom stereocenters. The lowest BCUT2D eigenvalue weighted by Gasteiger charge is -2.07. The van der Waals surface area contributed by atoms with Gasteiger partial charge in [0.1, 0.15) is 10.9 Å². The minimum absolute atomic E-state index is 0.258. The number of hydrogen-bond donors (Lipinski definition) is 1. The van der Waals surface area contributed by atoms with Crippen LogP contribution < -0.4 is 5.84 Å². The number of aromatic nitrogens is 5. The van der Waals surface area contributed by atoms with Crippen LogP contribution >= 0.6 is 11.8 Å². The summed E-state index contributed by atoms with van der Waals surface area (Å²) in [6.07, 6.45) is 1.57. The fourth-order valence-corrected chi connectivity index (χ4v) is 2.71. The van der Waals surface area contributed by atoms with Crippen molar-refractivity contribution in [2.75, 3.05) is 5.84 Å². The molecule has 0 saturated heterocycles. The normalized spacial score (nSPS) is 11.3. The summed E-state index contributed by atoms with van der Waals surface area (Å²) in [6.45, 7) is 6.06. The van der Waals surface area contributed by atoms with Gasteiger partial charge in [0.2, 0.25) is 11.0 Å². The molecule has 3 aromatic heterocycles. The molecule has 3 heterocycles. The Morgan fingerprint density at radius 1 is 1.27 bits per heavy atom. The second kappa shape index (κ2) is 5.80. The Balaban J connectivity index is 1.91. The topological polar surface area (TPSA) is 95.7 Å². The first-order valence-electron chi connectivity index (χ1n) is 6.82. The number of rotatable bonds is 4. The van der Waals surface area contributed by atoms with E-state index >= 15 is 0 Å². The van der Waals surface area contributed by atoms with Gasteiger partial charge in [-0.25, -0.2) is 14.6 Å². The van der Waals surface area contributed by atoms with Gasteiger partial charge >= 0.3 is 0 Å². The van der Waals surface area contributed by atoms with Gasteiger partial charge in [0, 0.05) is 11.6 Å². The molecule has 0 aliphatic heterocycles. The standard InChI is InChI=1S/C14H16N6OS/c1-8(2)12-16-9(3)7-11(17-12)22-14-19-18-13(20(14)15)10-5-4-6-21-10/h4-8H,15H2,1-3H3. The van der Waals surface area contributed by atoms with Crippen molar-refractivity contribution in [2.45, 2.75) is 36.9 Å². The molecule has 0 saturated carbocycles. The zero-order valence-corrected chi connectivity index (χ0v) is 13.3. The van der Waals surface area contributed by atoms with E-state index in [4.69, 9.17) is 10.3 Å². The Hall–Kier alpha value is -2.35. The molecular weight excluding hydrogens is 300 g/mol. The average molecular weight is 316 g/mol. The van der Waals surface area contributed by atoms with Crippen molar-refractivity contribution in [3.05, 3.63) is 36.0 Å². The second-order valence-corrected chi connectivity index (χ2v) is 6.10. The Labute approximate surface area is 131 Å². The van der Waals surface area contributed by atoms with Crippen molar-refractivity contribution < 1.29 is 4.42 Å². The Kier molecular flexibility index (Phi) is 3.84. The number of nitrogens with zero attached hydrogens (tertiary/aromatic N) is 5. The summed E-state index contributed by atoms with van der Waals surface area (Å²) in [5, 5.41) is 9.50. The molecule has 8 heteroatoms. The highest BCUT2D eigenvalue weighted by atomic mass is 32.2. The molecule has 0 radical (unpaired) electrons. The third kappa shape index (κ3) is 2.82. The van der Waals surface area contributed by atoms with E-state index in [1.807, 2.05) is 13.0 Å². The summed E-state index contributed by atoms with van der Waals surface area (Å²) in [7, 11) is 0. The summed E-state index contributed by atoms with van der Waals surface area (Å²) < 4.78 is 6.69. The number of aryl methyl sites for hydroxylation is 1. The molecule has 0 bridgehead atoms. The molecule has 2 N–H and O–H groups in total. The van der Waals surface area contributed by atoms with Crippen molar-refractivity contribution in [1.29, 1.82) is 0 Å². The van der Waals surface area contributed by atoms with Gasteiger partial charge in [-0.05, 0) is 36.9 Å². The van der Waals surface area contributed by atoms with Gasteiger partial charge in [0.05, 0.1) is 6.26 Å². The number of furan rings is 1. The molecule has 22 heavy (non-hydrogen) atoms. The van der Waals surface area contributed by atoms with E-state index in [0.717, 1.165) is 16.5 Å². The van der Waals surface area contributed by atoms with E-state index in [1.165, 1.54) is 16.4 Å². The molecule has 114 valence electrons. The van der Waals surface area contributed by atoms with Crippen molar-refractivity contribution in [3.8, 4) is 11.6 Å². The number of nitrogens with two attached hydrogens (primary N) is 1. The molecule has 7 nitrogen and oxygen atoms in total. The predicted octanol–water partition coefficient (Wildman–Crippen LogP) is 2.62. The molecule has 0 fully saturated rings. The highest BCUT2D eigenvalue weighted by Crippen LogP contribution is 2.28. The molecular formula is C14H16N6OS. The lowest BCUT2D eigenvalue weighted by atomic mass is 10.2. The van der Waals surface area contributed by atoms with Crippen molar-refractivity contribution in [1.82, 2.24) is 24.8 Å². The average Bonchev–Trinajstić information content (AvgIpc) is 3.09. The van der Waals surface area contributed by atoms with E-state index < -0.39 is 0 Å². The van der Waals surface area contributed by atoms with Crippen molar-refractivity contribution >= 4 is 11.8 Å². The summed E-state index contributed by atoms with van der Waals surface area (Å²) in [5.41, 5.74) is 0.913. The van der Waals surface area contributed by atoms with Gasteiger partial charge in [-0.15, -0.1) is 10.2 Å². The van der Waals surface area contributed by atoms with Crippen molar-refractivity contribution in [3.63, 3.8) is 0 Å². The minimum atomic E-state index is 0.258. The third-order valence-corrected chi connectivity index (χ3v) is 3.85. The fourth-order valence-electron chi connectivity index (χ4n) is 1.89. The molecule has 0 aliphatic rings. The smallest absolute Gasteiger partial charge is 0.218 e. The van der Waals surface area contributed by atoms with Crippen LogP contribution in [-0.4, -0.2) is 24.8 Å². The van der Waals surface area contributed by atoms with Gasteiger partial charge in [0.15, 0.2) is 5.76 Å². The molecule has 0 amide bonds. The molecule has 0 unspecified atom stereocenters. The molecule has 0 aliphatic carbocycles. The molecule has 3 rings (SSSR count). The van der Waals surface area contributed by atoms with Crippen LogP contribution in [-0.2, 0) is 0 Å². The van der Waals surface area contributed by atoms with Gasteiger partial charge in [-0.2, -0.15) is 0 Å². The van der Waals surface area contributed by atoms with Crippen LogP contribution in [0.2, 0.25) is 0 Å². The summed E-state index contributed by atoms with van der Waals surface area (Å²) >= 11 is 1.35. The van der Waals surface area contributed by atoms with E-state index in [2.05, 4.69) is 34.0 Å².